The zero-order valence-electron chi connectivity index (χ0n) is 11.0. The highest BCUT2D eigenvalue weighted by Gasteiger charge is 2.15. The number of pyridine rings is 1. The summed E-state index contributed by atoms with van der Waals surface area (Å²) in [7, 11) is 1.78. The summed E-state index contributed by atoms with van der Waals surface area (Å²) < 4.78 is 0. The van der Waals surface area contributed by atoms with E-state index in [1.807, 2.05) is 26.0 Å². The lowest BCUT2D eigenvalue weighted by Crippen LogP contribution is -2.42. The van der Waals surface area contributed by atoms with Gasteiger partial charge in [0.2, 0.25) is 5.91 Å². The topological polar surface area (TPSA) is 69.0 Å². The Hall–Kier alpha value is -1.93. The van der Waals surface area contributed by atoms with Crippen LogP contribution in [0.25, 0.3) is 0 Å². The summed E-state index contributed by atoms with van der Waals surface area (Å²) in [6, 6.07) is 5.29. The van der Waals surface area contributed by atoms with E-state index in [4.69, 9.17) is 5.26 Å². The van der Waals surface area contributed by atoms with Crippen LogP contribution in [-0.4, -0.2) is 35.4 Å². The molecule has 0 aromatic carbocycles. The molecule has 0 radical (unpaired) electrons. The number of likely N-dealkylation sites (N-methyl/N-ethyl adjacent to an activating group) is 1. The van der Waals surface area contributed by atoms with E-state index in [2.05, 4.69) is 10.3 Å². The van der Waals surface area contributed by atoms with Crippen molar-refractivity contribution in [3.63, 3.8) is 0 Å². The number of nitriles is 1. The van der Waals surface area contributed by atoms with E-state index >= 15 is 0 Å². The summed E-state index contributed by atoms with van der Waals surface area (Å²) in [6.07, 6.45) is 1.60. The highest BCUT2D eigenvalue weighted by molar-refractivity contribution is 5.81. The third-order valence-electron chi connectivity index (χ3n) is 2.77. The first-order chi connectivity index (χ1) is 8.58. The molecule has 1 aromatic rings. The van der Waals surface area contributed by atoms with Gasteiger partial charge in [-0.3, -0.25) is 4.79 Å². The van der Waals surface area contributed by atoms with Gasteiger partial charge in [-0.1, -0.05) is 0 Å². The van der Waals surface area contributed by atoms with Gasteiger partial charge in [0.1, 0.15) is 11.8 Å². The fourth-order valence-corrected chi connectivity index (χ4v) is 1.49. The van der Waals surface area contributed by atoms with Gasteiger partial charge in [0, 0.05) is 26.3 Å². The number of amides is 1. The van der Waals surface area contributed by atoms with Crippen LogP contribution < -0.4 is 5.32 Å². The second kappa shape index (κ2) is 6.72. The zero-order chi connectivity index (χ0) is 13.5. The number of nitrogens with zero attached hydrogens (tertiary/aromatic N) is 3. The van der Waals surface area contributed by atoms with Crippen LogP contribution in [0.5, 0.6) is 0 Å². The summed E-state index contributed by atoms with van der Waals surface area (Å²) in [4.78, 5) is 17.4. The quantitative estimate of drug-likeness (QED) is 0.838. The van der Waals surface area contributed by atoms with E-state index in [0.29, 0.717) is 18.8 Å². The second-order valence-corrected chi connectivity index (χ2v) is 4.12. The van der Waals surface area contributed by atoms with Crippen LogP contribution in [0.2, 0.25) is 0 Å². The second-order valence-electron chi connectivity index (χ2n) is 4.12. The first kappa shape index (κ1) is 14.1. The van der Waals surface area contributed by atoms with E-state index in [-0.39, 0.29) is 11.9 Å². The van der Waals surface area contributed by atoms with Crippen LogP contribution >= 0.6 is 0 Å². The minimum atomic E-state index is -0.242. The largest absolute Gasteiger partial charge is 0.345 e. The molecule has 1 aromatic heterocycles. The Balaban J connectivity index is 2.54. The number of hydrogen-bond donors (Lipinski definition) is 1. The molecule has 0 saturated heterocycles. The lowest BCUT2D eigenvalue weighted by molar-refractivity contribution is -0.131. The van der Waals surface area contributed by atoms with Gasteiger partial charge in [-0.05, 0) is 31.5 Å². The average Bonchev–Trinajstić information content (AvgIpc) is 2.43. The molecule has 0 aliphatic carbocycles. The van der Waals surface area contributed by atoms with Gasteiger partial charge >= 0.3 is 0 Å². The Morgan fingerprint density at radius 2 is 2.39 bits per heavy atom. The number of carbonyl (C=O) groups excluding carboxylic acids is 1. The molecule has 1 N–H and O–H groups in total. The maximum atomic E-state index is 11.8. The third-order valence-corrected chi connectivity index (χ3v) is 2.77. The smallest absolute Gasteiger partial charge is 0.239 e. The molecule has 0 aliphatic heterocycles. The standard InChI is InChI=1S/C13H18N4O/c1-4-17(3)13(18)10(2)16-9-11-5-6-15-12(7-11)8-14/h5-7,10,16H,4,9H2,1-3H3. The fourth-order valence-electron chi connectivity index (χ4n) is 1.49. The summed E-state index contributed by atoms with van der Waals surface area (Å²) in [5.41, 5.74) is 1.33. The first-order valence-corrected chi connectivity index (χ1v) is 5.91. The van der Waals surface area contributed by atoms with E-state index in [9.17, 15) is 4.79 Å². The van der Waals surface area contributed by atoms with Crippen LogP contribution in [0.15, 0.2) is 18.3 Å². The Bertz CT molecular complexity index is 453. The van der Waals surface area contributed by atoms with Gasteiger partial charge in [0.05, 0.1) is 6.04 Å². The van der Waals surface area contributed by atoms with E-state index < -0.39 is 0 Å². The predicted molar refractivity (Wildman–Crippen MR) is 68.6 cm³/mol. The average molecular weight is 246 g/mol. The van der Waals surface area contributed by atoms with Crippen molar-refractivity contribution in [1.29, 1.82) is 5.26 Å². The number of rotatable bonds is 5. The van der Waals surface area contributed by atoms with Crippen molar-refractivity contribution in [2.45, 2.75) is 26.4 Å². The van der Waals surface area contributed by atoms with Crippen LogP contribution in [0.1, 0.15) is 25.1 Å². The molecule has 1 heterocycles. The minimum Gasteiger partial charge on any atom is -0.345 e. The van der Waals surface area contributed by atoms with Crippen LogP contribution in [-0.2, 0) is 11.3 Å². The Morgan fingerprint density at radius 1 is 1.67 bits per heavy atom. The molecular formula is C13H18N4O. The Kier molecular flexibility index (Phi) is 5.28. The molecule has 18 heavy (non-hydrogen) atoms. The molecule has 0 saturated carbocycles. The number of nitrogens with one attached hydrogen (secondary N) is 1. The van der Waals surface area contributed by atoms with Gasteiger partial charge in [0.15, 0.2) is 0 Å². The Labute approximate surface area is 107 Å². The monoisotopic (exact) mass is 246 g/mol. The van der Waals surface area contributed by atoms with Gasteiger partial charge in [-0.15, -0.1) is 0 Å². The maximum absolute atomic E-state index is 11.8. The fraction of sp³-hybridized carbons (Fsp3) is 0.462. The van der Waals surface area contributed by atoms with Gasteiger partial charge in [-0.25, -0.2) is 4.98 Å². The molecule has 0 spiro atoms. The van der Waals surface area contributed by atoms with Crippen LogP contribution in [0.4, 0.5) is 0 Å². The van der Waals surface area contributed by atoms with Gasteiger partial charge in [-0.2, -0.15) is 5.26 Å². The maximum Gasteiger partial charge on any atom is 0.239 e. The highest BCUT2D eigenvalue weighted by atomic mass is 16.2. The van der Waals surface area contributed by atoms with Crippen molar-refractivity contribution in [2.24, 2.45) is 0 Å². The van der Waals surface area contributed by atoms with Crippen LogP contribution in [0, 0.1) is 11.3 Å². The van der Waals surface area contributed by atoms with Crippen molar-refractivity contribution in [3.8, 4) is 6.07 Å². The van der Waals surface area contributed by atoms with Crippen LogP contribution in [0.3, 0.4) is 0 Å². The van der Waals surface area contributed by atoms with E-state index in [1.54, 1.807) is 24.2 Å². The lowest BCUT2D eigenvalue weighted by atomic mass is 10.2. The van der Waals surface area contributed by atoms with E-state index in [1.165, 1.54) is 0 Å². The minimum absolute atomic E-state index is 0.0621. The Morgan fingerprint density at radius 3 is 3.00 bits per heavy atom. The summed E-state index contributed by atoms with van der Waals surface area (Å²) in [5.74, 6) is 0.0621. The molecule has 1 amide bonds. The highest BCUT2D eigenvalue weighted by Crippen LogP contribution is 2.01. The SMILES string of the molecule is CCN(C)C(=O)C(C)NCc1ccnc(C#N)c1. The van der Waals surface area contributed by atoms with Crippen molar-refractivity contribution < 1.29 is 4.79 Å². The summed E-state index contributed by atoms with van der Waals surface area (Å²) in [5, 5.41) is 11.9. The number of hydrogen-bond acceptors (Lipinski definition) is 4. The number of carbonyl (C=O) groups is 1. The van der Waals surface area contributed by atoms with Crippen molar-refractivity contribution in [3.05, 3.63) is 29.6 Å². The molecule has 1 unspecified atom stereocenters. The molecule has 1 rings (SSSR count). The molecule has 5 heteroatoms. The van der Waals surface area contributed by atoms with Gasteiger partial charge in [0.25, 0.3) is 0 Å². The first-order valence-electron chi connectivity index (χ1n) is 5.91. The van der Waals surface area contributed by atoms with Crippen molar-refractivity contribution in [2.75, 3.05) is 13.6 Å². The van der Waals surface area contributed by atoms with Crippen molar-refractivity contribution in [1.82, 2.24) is 15.2 Å². The third kappa shape index (κ3) is 3.82. The molecule has 5 nitrogen and oxygen atoms in total. The molecule has 96 valence electrons. The molecule has 0 bridgehead atoms. The number of aromatic nitrogens is 1. The summed E-state index contributed by atoms with van der Waals surface area (Å²) >= 11 is 0. The molecular weight excluding hydrogens is 228 g/mol. The molecule has 1 atom stereocenters. The normalized spacial score (nSPS) is 11.7. The summed E-state index contributed by atoms with van der Waals surface area (Å²) in [6.45, 7) is 5.01. The van der Waals surface area contributed by atoms with Crippen molar-refractivity contribution >= 4 is 5.91 Å². The molecule has 0 fully saturated rings. The predicted octanol–water partition coefficient (Wildman–Crippen LogP) is 0.910. The molecule has 0 aliphatic rings. The van der Waals surface area contributed by atoms with E-state index in [0.717, 1.165) is 5.56 Å². The lowest BCUT2D eigenvalue weighted by Gasteiger charge is -2.20. The zero-order valence-corrected chi connectivity index (χ0v) is 11.0. The van der Waals surface area contributed by atoms with Gasteiger partial charge < -0.3 is 10.2 Å².